The van der Waals surface area contributed by atoms with Crippen molar-refractivity contribution in [3.63, 3.8) is 0 Å². The van der Waals surface area contributed by atoms with Gasteiger partial charge in [-0.25, -0.2) is 4.79 Å². The number of anilines is 1. The first-order valence-corrected chi connectivity index (χ1v) is 11.7. The lowest BCUT2D eigenvalue weighted by Gasteiger charge is -2.21. The van der Waals surface area contributed by atoms with Crippen molar-refractivity contribution in [2.75, 3.05) is 11.4 Å². The maximum absolute atomic E-state index is 12.6. The van der Waals surface area contributed by atoms with E-state index in [1.165, 1.54) is 0 Å². The molecule has 0 saturated carbocycles. The number of carbonyl (C=O) groups is 2. The van der Waals surface area contributed by atoms with Crippen LogP contribution in [0.25, 0.3) is 11.1 Å². The molecular weight excluding hydrogens is 444 g/mol. The van der Waals surface area contributed by atoms with Crippen molar-refractivity contribution in [1.82, 2.24) is 4.98 Å². The Bertz CT molecular complexity index is 1250. The summed E-state index contributed by atoms with van der Waals surface area (Å²) in [6, 6.07) is 24.7. The minimum absolute atomic E-state index is 0.0952. The molecule has 0 bridgehead atoms. The average Bonchev–Trinajstić information content (AvgIpc) is 3.31. The lowest BCUT2D eigenvalue weighted by atomic mass is 10.1. The zero-order chi connectivity index (χ0) is 24.6. The Morgan fingerprint density at radius 2 is 1.80 bits per heavy atom. The number of nitrogens with zero attached hydrogens (tertiary/aromatic N) is 2. The van der Waals surface area contributed by atoms with Gasteiger partial charge >= 0.3 is 5.97 Å². The molecule has 0 radical (unpaired) electrons. The fraction of sp³-hybridized carbons (Fsp3) is 0.250. The van der Waals surface area contributed by atoms with Gasteiger partial charge in [0.05, 0.1) is 0 Å². The van der Waals surface area contributed by atoms with E-state index in [2.05, 4.69) is 4.98 Å². The number of aliphatic carboxylic acids is 1. The van der Waals surface area contributed by atoms with E-state index >= 15 is 0 Å². The minimum Gasteiger partial charge on any atom is -0.479 e. The summed E-state index contributed by atoms with van der Waals surface area (Å²) in [5.74, 6) is -0.402. The molecule has 35 heavy (non-hydrogen) atoms. The number of carboxylic acids is 1. The van der Waals surface area contributed by atoms with E-state index < -0.39 is 12.1 Å². The van der Waals surface area contributed by atoms with Crippen LogP contribution in [-0.2, 0) is 11.3 Å². The number of aromatic nitrogens is 1. The van der Waals surface area contributed by atoms with Crippen LogP contribution < -0.4 is 9.64 Å². The smallest absolute Gasteiger partial charge is 0.344 e. The summed E-state index contributed by atoms with van der Waals surface area (Å²) >= 11 is 0. The van der Waals surface area contributed by atoms with Gasteiger partial charge in [-0.15, -0.1) is 0 Å². The molecule has 0 aliphatic rings. The van der Waals surface area contributed by atoms with Crippen LogP contribution in [0, 0.1) is 0 Å². The van der Waals surface area contributed by atoms with Crippen LogP contribution in [0.4, 0.5) is 6.01 Å². The monoisotopic (exact) mass is 472 g/mol. The Morgan fingerprint density at radius 3 is 2.54 bits per heavy atom. The number of rotatable bonds is 12. The van der Waals surface area contributed by atoms with E-state index in [0.29, 0.717) is 55.3 Å². The van der Waals surface area contributed by atoms with Gasteiger partial charge in [-0.05, 0) is 42.7 Å². The second kappa shape index (κ2) is 11.3. The second-order valence-electron chi connectivity index (χ2n) is 8.28. The third-order valence-corrected chi connectivity index (χ3v) is 5.68. The minimum atomic E-state index is -0.992. The summed E-state index contributed by atoms with van der Waals surface area (Å²) in [5.41, 5.74) is 3.07. The predicted molar refractivity (Wildman–Crippen MR) is 134 cm³/mol. The normalized spacial score (nSPS) is 11.8. The lowest BCUT2D eigenvalue weighted by molar-refractivity contribution is -0.145. The van der Waals surface area contributed by atoms with Gasteiger partial charge in [0.25, 0.3) is 6.01 Å². The van der Waals surface area contributed by atoms with Crippen molar-refractivity contribution in [3.8, 4) is 5.75 Å². The van der Waals surface area contributed by atoms with Gasteiger partial charge < -0.3 is 19.2 Å². The molecule has 1 aromatic heterocycles. The third kappa shape index (κ3) is 6.26. The van der Waals surface area contributed by atoms with Gasteiger partial charge in [0.2, 0.25) is 0 Å². The molecule has 0 spiro atoms. The van der Waals surface area contributed by atoms with E-state index in [-0.39, 0.29) is 5.78 Å². The summed E-state index contributed by atoms with van der Waals surface area (Å²) < 4.78 is 11.7. The molecule has 1 N–H and O–H groups in total. The number of ether oxygens (including phenoxy) is 1. The number of carbonyl (C=O) groups excluding carboxylic acids is 1. The molecule has 4 rings (SSSR count). The van der Waals surface area contributed by atoms with E-state index in [0.717, 1.165) is 11.1 Å². The van der Waals surface area contributed by atoms with Crippen molar-refractivity contribution in [2.24, 2.45) is 0 Å². The van der Waals surface area contributed by atoms with Crippen molar-refractivity contribution >= 4 is 28.9 Å². The summed E-state index contributed by atoms with van der Waals surface area (Å²) in [6.45, 7) is 2.80. The van der Waals surface area contributed by atoms with Gasteiger partial charge in [0.1, 0.15) is 11.3 Å². The van der Waals surface area contributed by atoms with Crippen LogP contribution in [0.1, 0.15) is 42.1 Å². The van der Waals surface area contributed by atoms with Crippen LogP contribution in [0.2, 0.25) is 0 Å². The van der Waals surface area contributed by atoms with Gasteiger partial charge in [0, 0.05) is 25.1 Å². The maximum Gasteiger partial charge on any atom is 0.344 e. The van der Waals surface area contributed by atoms with Gasteiger partial charge in [-0.3, -0.25) is 4.79 Å². The number of fused-ring (bicyclic) bond motifs is 1. The van der Waals surface area contributed by atoms with Gasteiger partial charge in [-0.1, -0.05) is 61.5 Å². The highest BCUT2D eigenvalue weighted by Gasteiger charge is 2.19. The number of oxazole rings is 1. The van der Waals surface area contributed by atoms with Crippen LogP contribution in [-0.4, -0.2) is 34.5 Å². The molecule has 1 heterocycles. The molecule has 7 heteroatoms. The van der Waals surface area contributed by atoms with E-state index in [1.807, 2.05) is 77.7 Å². The Balaban J connectivity index is 1.51. The van der Waals surface area contributed by atoms with Crippen molar-refractivity contribution in [3.05, 3.63) is 90.0 Å². The van der Waals surface area contributed by atoms with Crippen molar-refractivity contribution in [2.45, 2.75) is 38.8 Å². The predicted octanol–water partition coefficient (Wildman–Crippen LogP) is 5.74. The number of hydrogen-bond acceptors (Lipinski definition) is 6. The lowest BCUT2D eigenvalue weighted by Crippen LogP contribution is -2.26. The standard InChI is InChI=1S/C28H28N2O5/c1-2-25(27(32)33)34-22-13-8-10-20(18-22)19-30(28-29-23-14-6-7-16-26(23)35-28)17-9-15-24(31)21-11-4-3-5-12-21/h3-8,10-14,16,18,25H,2,9,15,17,19H2,1H3,(H,32,33). The zero-order valence-corrected chi connectivity index (χ0v) is 19.6. The van der Waals surface area contributed by atoms with Crippen LogP contribution >= 0.6 is 0 Å². The molecule has 0 aliphatic heterocycles. The number of benzene rings is 3. The Kier molecular flexibility index (Phi) is 7.77. The summed E-state index contributed by atoms with van der Waals surface area (Å²) in [5, 5.41) is 9.31. The second-order valence-corrected chi connectivity index (χ2v) is 8.28. The molecule has 0 fully saturated rings. The SMILES string of the molecule is CCC(Oc1cccc(CN(CCCC(=O)c2ccccc2)c2nc3ccccc3o2)c1)C(=O)O. The average molecular weight is 473 g/mol. The molecule has 180 valence electrons. The van der Waals surface area contributed by atoms with Crippen molar-refractivity contribution in [1.29, 1.82) is 0 Å². The van der Waals surface area contributed by atoms with E-state index in [9.17, 15) is 14.7 Å². The molecule has 1 unspecified atom stereocenters. The fourth-order valence-corrected chi connectivity index (χ4v) is 3.85. The van der Waals surface area contributed by atoms with Crippen LogP contribution in [0.5, 0.6) is 5.75 Å². The number of ketones is 1. The van der Waals surface area contributed by atoms with Crippen LogP contribution in [0.3, 0.4) is 0 Å². The largest absolute Gasteiger partial charge is 0.479 e. The first kappa shape index (κ1) is 24.0. The molecule has 0 saturated heterocycles. The maximum atomic E-state index is 12.6. The summed E-state index contributed by atoms with van der Waals surface area (Å²) in [4.78, 5) is 30.6. The highest BCUT2D eigenvalue weighted by Crippen LogP contribution is 2.25. The van der Waals surface area contributed by atoms with Gasteiger partial charge in [0.15, 0.2) is 17.5 Å². The van der Waals surface area contributed by atoms with E-state index in [4.69, 9.17) is 9.15 Å². The molecule has 4 aromatic rings. The Hall–Kier alpha value is -4.13. The number of para-hydroxylation sites is 2. The molecular formula is C28H28N2O5. The zero-order valence-electron chi connectivity index (χ0n) is 19.6. The topological polar surface area (TPSA) is 92.9 Å². The molecule has 7 nitrogen and oxygen atoms in total. The molecule has 0 amide bonds. The Morgan fingerprint density at radius 1 is 1.03 bits per heavy atom. The fourth-order valence-electron chi connectivity index (χ4n) is 3.85. The van der Waals surface area contributed by atoms with Gasteiger partial charge in [-0.2, -0.15) is 4.98 Å². The molecule has 0 aliphatic carbocycles. The third-order valence-electron chi connectivity index (χ3n) is 5.68. The number of Topliss-reactive ketones (excluding diaryl/α,β-unsaturated/α-hetero) is 1. The highest BCUT2D eigenvalue weighted by molar-refractivity contribution is 5.95. The summed E-state index contributed by atoms with van der Waals surface area (Å²) in [7, 11) is 0. The molecule has 1 atom stereocenters. The Labute approximate surface area is 204 Å². The van der Waals surface area contributed by atoms with E-state index in [1.54, 1.807) is 13.0 Å². The first-order chi connectivity index (χ1) is 17.0. The number of carboxylic acid groups (broad SMARTS) is 1. The quantitative estimate of drug-likeness (QED) is 0.263. The summed E-state index contributed by atoms with van der Waals surface area (Å²) in [6.07, 6.45) is 0.493. The van der Waals surface area contributed by atoms with Crippen LogP contribution in [0.15, 0.2) is 83.3 Å². The van der Waals surface area contributed by atoms with Crippen molar-refractivity contribution < 1.29 is 23.8 Å². The highest BCUT2D eigenvalue weighted by atomic mass is 16.5. The molecule has 3 aromatic carbocycles. The first-order valence-electron chi connectivity index (χ1n) is 11.7. The number of hydrogen-bond donors (Lipinski definition) is 1.